The number of hydrogen-bond acceptors (Lipinski definition) is 5. The number of hydrazine groups is 1. The van der Waals surface area contributed by atoms with Gasteiger partial charge in [0.2, 0.25) is 0 Å². The predicted molar refractivity (Wildman–Crippen MR) is 86.8 cm³/mol. The van der Waals surface area contributed by atoms with Crippen LogP contribution in [-0.2, 0) is 11.1 Å². The van der Waals surface area contributed by atoms with Gasteiger partial charge in [-0.15, -0.1) is 0 Å². The highest BCUT2D eigenvalue weighted by molar-refractivity contribution is 7.79. The number of hydrazone groups is 1. The van der Waals surface area contributed by atoms with Crippen LogP contribution in [0.25, 0.3) is 0 Å². The second-order valence-electron chi connectivity index (χ2n) is 5.97. The molecule has 2 unspecified atom stereocenters. The summed E-state index contributed by atoms with van der Waals surface area (Å²) in [5.74, 6) is 6.56. The van der Waals surface area contributed by atoms with Gasteiger partial charge in [0, 0.05) is 0 Å². The third kappa shape index (κ3) is 6.73. The second-order valence-corrected chi connectivity index (χ2v) is 7.02. The molecule has 1 aliphatic carbocycles. The Morgan fingerprint density at radius 2 is 2.10 bits per heavy atom. The van der Waals surface area contributed by atoms with Gasteiger partial charge in [0.15, 0.2) is 11.1 Å². The molecule has 1 aliphatic rings. The van der Waals surface area contributed by atoms with Gasteiger partial charge in [-0.3, -0.25) is 0 Å². The number of amidine groups is 1. The number of nitrogens with zero attached hydrogens (tertiary/aromatic N) is 1. The lowest BCUT2D eigenvalue weighted by atomic mass is 9.79. The largest absolute Gasteiger partial charge is 0.384 e. The third-order valence-corrected chi connectivity index (χ3v) is 4.82. The van der Waals surface area contributed by atoms with Crippen LogP contribution in [0.4, 0.5) is 0 Å². The minimum Gasteiger partial charge on any atom is -0.384 e. The fourth-order valence-corrected chi connectivity index (χ4v) is 3.38. The maximum absolute atomic E-state index is 10.7. The van der Waals surface area contributed by atoms with Gasteiger partial charge >= 0.3 is 0 Å². The highest BCUT2D eigenvalue weighted by Gasteiger charge is 2.32. The minimum absolute atomic E-state index is 0.263. The van der Waals surface area contributed by atoms with Gasteiger partial charge in [-0.25, -0.2) is 15.6 Å². The van der Waals surface area contributed by atoms with Crippen LogP contribution < -0.4 is 22.4 Å². The van der Waals surface area contributed by atoms with Crippen molar-refractivity contribution in [2.75, 3.05) is 12.3 Å². The normalized spacial score (nSPS) is 21.8. The van der Waals surface area contributed by atoms with Crippen molar-refractivity contribution >= 4 is 16.9 Å². The molecule has 1 rings (SSSR count). The summed E-state index contributed by atoms with van der Waals surface area (Å²) in [4.78, 5) is 0. The zero-order valence-corrected chi connectivity index (χ0v) is 13.6. The van der Waals surface area contributed by atoms with Gasteiger partial charge in [-0.2, -0.15) is 5.10 Å². The van der Waals surface area contributed by atoms with Crippen LogP contribution in [0.5, 0.6) is 0 Å². The molecule has 7 N–H and O–H groups in total. The van der Waals surface area contributed by atoms with Gasteiger partial charge in [0.1, 0.15) is 5.84 Å². The first-order valence-electron chi connectivity index (χ1n) is 7.59. The van der Waals surface area contributed by atoms with E-state index in [9.17, 15) is 4.21 Å². The Balaban J connectivity index is 2.60. The molecule has 2 atom stereocenters. The Labute approximate surface area is 129 Å². The van der Waals surface area contributed by atoms with Gasteiger partial charge in [0.25, 0.3) is 0 Å². The Morgan fingerprint density at radius 1 is 1.43 bits per heavy atom. The van der Waals surface area contributed by atoms with Crippen molar-refractivity contribution in [3.63, 3.8) is 0 Å². The van der Waals surface area contributed by atoms with Crippen molar-refractivity contribution in [3.8, 4) is 0 Å². The quantitative estimate of drug-likeness (QED) is 0.106. The average molecular weight is 319 g/mol. The minimum atomic E-state index is -1.75. The van der Waals surface area contributed by atoms with Gasteiger partial charge in [-0.05, 0) is 32.2 Å². The van der Waals surface area contributed by atoms with Crippen LogP contribution in [0.1, 0.15) is 51.9 Å². The molecule has 0 bridgehead atoms. The van der Waals surface area contributed by atoms with Crippen LogP contribution in [0.15, 0.2) is 5.10 Å². The Kier molecular flexibility index (Phi) is 8.16. The lowest BCUT2D eigenvalue weighted by Gasteiger charge is -2.35. The summed E-state index contributed by atoms with van der Waals surface area (Å²) < 4.78 is 19.5. The zero-order valence-electron chi connectivity index (χ0n) is 12.8. The fraction of sp³-hybridized carbons (Fsp3) is 0.923. The summed E-state index contributed by atoms with van der Waals surface area (Å²) in [6, 6.07) is 0. The van der Waals surface area contributed by atoms with Crippen molar-refractivity contribution < 1.29 is 8.76 Å². The highest BCUT2D eigenvalue weighted by Crippen LogP contribution is 2.30. The smallest absolute Gasteiger partial charge is 0.152 e. The Bertz CT molecular complexity index is 360. The van der Waals surface area contributed by atoms with E-state index in [0.717, 1.165) is 6.42 Å². The number of nitrogens with two attached hydrogens (primary N) is 2. The van der Waals surface area contributed by atoms with Crippen molar-refractivity contribution in [1.29, 1.82) is 0 Å². The summed E-state index contributed by atoms with van der Waals surface area (Å²) in [5.41, 5.74) is 7.87. The molecule has 0 aromatic heterocycles. The van der Waals surface area contributed by atoms with Crippen molar-refractivity contribution in [1.82, 2.24) is 10.9 Å². The molecule has 1 saturated carbocycles. The molecule has 0 amide bonds. The lowest BCUT2D eigenvalue weighted by molar-refractivity contribution is 0.277. The maximum Gasteiger partial charge on any atom is 0.152 e. The molecule has 0 saturated heterocycles. The zero-order chi connectivity index (χ0) is 15.7. The van der Waals surface area contributed by atoms with Gasteiger partial charge in [0.05, 0.1) is 11.3 Å². The molecule has 8 heteroatoms. The summed E-state index contributed by atoms with van der Waals surface area (Å²) in [6.07, 6.45) is 7.84. The Morgan fingerprint density at radius 3 is 2.67 bits per heavy atom. The molecule has 21 heavy (non-hydrogen) atoms. The lowest BCUT2D eigenvalue weighted by Crippen LogP contribution is -2.55. The molecule has 0 aliphatic heterocycles. The van der Waals surface area contributed by atoms with Crippen LogP contribution >= 0.6 is 0 Å². The molecule has 1 fully saturated rings. The van der Waals surface area contributed by atoms with E-state index in [1.54, 1.807) is 0 Å². The van der Waals surface area contributed by atoms with E-state index in [1.165, 1.54) is 32.1 Å². The molecule has 0 aromatic carbocycles. The molecular formula is C13H29N5O2S. The maximum atomic E-state index is 10.7. The molecule has 0 aromatic rings. The monoisotopic (exact) mass is 319 g/mol. The van der Waals surface area contributed by atoms with Crippen LogP contribution in [0, 0.1) is 5.92 Å². The predicted octanol–water partition coefficient (Wildman–Crippen LogP) is 0.652. The van der Waals surface area contributed by atoms with E-state index >= 15 is 0 Å². The first-order valence-corrected chi connectivity index (χ1v) is 8.87. The van der Waals surface area contributed by atoms with E-state index in [-0.39, 0.29) is 5.75 Å². The van der Waals surface area contributed by atoms with Crippen molar-refractivity contribution in [3.05, 3.63) is 0 Å². The van der Waals surface area contributed by atoms with Gasteiger partial charge < -0.3 is 15.6 Å². The molecule has 0 heterocycles. The Hall–Kier alpha value is -0.700. The van der Waals surface area contributed by atoms with Crippen molar-refractivity contribution in [2.24, 2.45) is 22.6 Å². The third-order valence-electron chi connectivity index (χ3n) is 4.18. The molecule has 0 radical (unpaired) electrons. The van der Waals surface area contributed by atoms with E-state index in [4.69, 9.17) is 16.1 Å². The van der Waals surface area contributed by atoms with Crippen LogP contribution in [0.2, 0.25) is 0 Å². The molecule has 0 spiro atoms. The van der Waals surface area contributed by atoms with Crippen LogP contribution in [0.3, 0.4) is 0 Å². The molecule has 7 nitrogen and oxygen atoms in total. The van der Waals surface area contributed by atoms with E-state index in [1.807, 2.05) is 6.92 Å². The first kappa shape index (κ1) is 18.3. The SMILES string of the molecule is CC(CC1CCCCC1)(NCCCS(=O)O)/C(N)=N/NN. The second kappa shape index (κ2) is 9.34. The van der Waals surface area contributed by atoms with Crippen molar-refractivity contribution in [2.45, 2.75) is 57.4 Å². The van der Waals surface area contributed by atoms with E-state index in [0.29, 0.717) is 24.7 Å². The number of rotatable bonds is 9. The number of hydrogen-bond donors (Lipinski definition) is 5. The summed E-state index contributed by atoms with van der Waals surface area (Å²) in [6.45, 7) is 2.64. The molecular weight excluding hydrogens is 290 g/mol. The average Bonchev–Trinajstić information content (AvgIpc) is 2.45. The van der Waals surface area contributed by atoms with Gasteiger partial charge in [-0.1, -0.05) is 32.1 Å². The fourth-order valence-electron chi connectivity index (χ4n) is 2.99. The first-order chi connectivity index (χ1) is 9.98. The van der Waals surface area contributed by atoms with Crippen LogP contribution in [-0.4, -0.2) is 32.4 Å². The van der Waals surface area contributed by atoms with E-state index < -0.39 is 16.6 Å². The van der Waals surface area contributed by atoms with E-state index in [2.05, 4.69) is 16.0 Å². The standard InChI is InChI=1S/C13H29N5O2S/c1-13(12(14)17-18-15,16-8-5-9-21(19)20)10-11-6-3-2-4-7-11/h11,16,18H,2-10,15H2,1H3,(H2,14,17)(H,19,20). The topological polar surface area (TPSA) is 126 Å². The summed E-state index contributed by atoms with van der Waals surface area (Å²) in [5, 5.41) is 7.31. The summed E-state index contributed by atoms with van der Waals surface area (Å²) >= 11 is -1.75. The highest BCUT2D eigenvalue weighted by atomic mass is 32.2. The number of nitrogens with one attached hydrogen (secondary N) is 2. The molecule has 124 valence electrons. The summed E-state index contributed by atoms with van der Waals surface area (Å²) in [7, 11) is 0.